The molecule has 1 amide bonds. The predicted molar refractivity (Wildman–Crippen MR) is 137 cm³/mol. The van der Waals surface area contributed by atoms with Crippen molar-refractivity contribution in [2.24, 2.45) is 0 Å². The van der Waals surface area contributed by atoms with Gasteiger partial charge in [-0.05, 0) is 65.4 Å². The number of methoxy groups -OCH3 is 1. The summed E-state index contributed by atoms with van der Waals surface area (Å²) in [6, 6.07) is 19.8. The number of amides is 1. The lowest BCUT2D eigenvalue weighted by Gasteiger charge is -2.08. The maximum atomic E-state index is 12.4. The Labute approximate surface area is 197 Å². The molecular formula is C29H32N2O2. The maximum absolute atomic E-state index is 12.4. The minimum atomic E-state index is -0.152. The first-order chi connectivity index (χ1) is 16.2. The second kappa shape index (κ2) is 13.0. The summed E-state index contributed by atoms with van der Waals surface area (Å²) in [5, 5.41) is 2.92. The zero-order chi connectivity index (χ0) is 23.3. The van der Waals surface area contributed by atoms with Crippen LogP contribution in [0, 0.1) is 0 Å². The summed E-state index contributed by atoms with van der Waals surface area (Å²) >= 11 is 0. The number of hydrogen-bond donors (Lipinski definition) is 1. The molecule has 0 atom stereocenters. The van der Waals surface area contributed by atoms with Gasteiger partial charge < -0.3 is 10.1 Å². The van der Waals surface area contributed by atoms with Crippen LogP contribution < -0.4 is 10.1 Å². The number of carbonyl (C=O) groups excluding carboxylic acids is 1. The van der Waals surface area contributed by atoms with E-state index in [0.29, 0.717) is 0 Å². The Kier molecular flexibility index (Phi) is 9.46. The van der Waals surface area contributed by atoms with Gasteiger partial charge in [0.05, 0.1) is 7.11 Å². The average Bonchev–Trinajstić information content (AvgIpc) is 2.86. The Hall–Kier alpha value is -3.66. The van der Waals surface area contributed by atoms with E-state index in [-0.39, 0.29) is 5.91 Å². The maximum Gasteiger partial charge on any atom is 0.248 e. The molecule has 0 aliphatic carbocycles. The van der Waals surface area contributed by atoms with Gasteiger partial charge in [-0.3, -0.25) is 9.78 Å². The van der Waals surface area contributed by atoms with Crippen LogP contribution in [0.5, 0.6) is 5.75 Å². The Bertz CT molecular complexity index is 1050. The number of nitrogens with zero attached hydrogens (tertiary/aromatic N) is 1. The Morgan fingerprint density at radius 3 is 2.42 bits per heavy atom. The number of unbranched alkanes of at least 4 members (excludes halogenated alkanes) is 3. The monoisotopic (exact) mass is 440 g/mol. The Balaban J connectivity index is 1.63. The first kappa shape index (κ1) is 24.0. The van der Waals surface area contributed by atoms with Crippen molar-refractivity contribution in [2.75, 3.05) is 12.4 Å². The van der Waals surface area contributed by atoms with Crippen LogP contribution in [0.3, 0.4) is 0 Å². The largest absolute Gasteiger partial charge is 0.497 e. The summed E-state index contributed by atoms with van der Waals surface area (Å²) in [6.07, 6.45) is 14.8. The van der Waals surface area contributed by atoms with Crippen LogP contribution in [0.4, 0.5) is 5.69 Å². The number of carbonyl (C=O) groups is 1. The third-order valence-corrected chi connectivity index (χ3v) is 5.45. The first-order valence-corrected chi connectivity index (χ1v) is 11.5. The van der Waals surface area contributed by atoms with Gasteiger partial charge in [0.1, 0.15) is 5.75 Å². The molecule has 1 heterocycles. The summed E-state index contributed by atoms with van der Waals surface area (Å²) in [6.45, 7) is 2.22. The molecule has 0 aliphatic heterocycles. The fraction of sp³-hybridized carbons (Fsp3) is 0.241. The summed E-state index contributed by atoms with van der Waals surface area (Å²) in [5.41, 5.74) is 5.25. The third kappa shape index (κ3) is 7.76. The summed E-state index contributed by atoms with van der Waals surface area (Å²) < 4.78 is 5.27. The van der Waals surface area contributed by atoms with Crippen molar-refractivity contribution in [2.45, 2.75) is 39.0 Å². The van der Waals surface area contributed by atoms with Gasteiger partial charge >= 0.3 is 0 Å². The van der Waals surface area contributed by atoms with E-state index in [0.717, 1.165) is 41.0 Å². The first-order valence-electron chi connectivity index (χ1n) is 11.5. The second-order valence-corrected chi connectivity index (χ2v) is 7.90. The topological polar surface area (TPSA) is 51.2 Å². The number of hydrogen-bond acceptors (Lipinski definition) is 3. The molecule has 170 valence electrons. The van der Waals surface area contributed by atoms with Gasteiger partial charge in [-0.2, -0.15) is 0 Å². The molecule has 0 unspecified atom stereocenters. The van der Waals surface area contributed by atoms with Gasteiger partial charge in [0.2, 0.25) is 5.91 Å². The summed E-state index contributed by atoms with van der Waals surface area (Å²) in [5.74, 6) is 0.689. The number of aromatic nitrogens is 1. The van der Waals surface area contributed by atoms with Gasteiger partial charge in [0, 0.05) is 24.2 Å². The van der Waals surface area contributed by atoms with E-state index < -0.39 is 0 Å². The fourth-order valence-corrected chi connectivity index (χ4v) is 3.59. The SMILES string of the molecule is CCCCCC/C(=C\C=C\C(=O)Nc1ccc(-c2cccnc2)cc1)c1ccc(OC)cc1. The highest BCUT2D eigenvalue weighted by molar-refractivity contribution is 5.99. The molecule has 0 bridgehead atoms. The van der Waals surface area contributed by atoms with Crippen molar-refractivity contribution in [3.8, 4) is 16.9 Å². The molecule has 1 N–H and O–H groups in total. The zero-order valence-electron chi connectivity index (χ0n) is 19.5. The van der Waals surface area contributed by atoms with E-state index in [9.17, 15) is 4.79 Å². The molecule has 0 spiro atoms. The molecule has 2 aromatic carbocycles. The fourth-order valence-electron chi connectivity index (χ4n) is 3.59. The smallest absolute Gasteiger partial charge is 0.248 e. The van der Waals surface area contributed by atoms with Crippen LogP contribution >= 0.6 is 0 Å². The molecule has 4 nitrogen and oxygen atoms in total. The molecule has 3 aromatic rings. The van der Waals surface area contributed by atoms with E-state index >= 15 is 0 Å². The lowest BCUT2D eigenvalue weighted by molar-refractivity contribution is -0.111. The number of rotatable bonds is 11. The highest BCUT2D eigenvalue weighted by atomic mass is 16.5. The second-order valence-electron chi connectivity index (χ2n) is 7.90. The van der Waals surface area contributed by atoms with E-state index in [1.807, 2.05) is 66.9 Å². The van der Waals surface area contributed by atoms with Gasteiger partial charge in [0.25, 0.3) is 0 Å². The summed E-state index contributed by atoms with van der Waals surface area (Å²) in [7, 11) is 1.67. The molecule has 0 fully saturated rings. The normalized spacial score (nSPS) is 11.5. The van der Waals surface area contributed by atoms with Crippen LogP contribution in [-0.4, -0.2) is 18.0 Å². The van der Waals surface area contributed by atoms with Crippen LogP contribution in [0.1, 0.15) is 44.6 Å². The number of anilines is 1. The predicted octanol–water partition coefficient (Wildman–Crippen LogP) is 7.31. The molecule has 1 aromatic heterocycles. The number of nitrogens with one attached hydrogen (secondary N) is 1. The van der Waals surface area contributed by atoms with Gasteiger partial charge in [0.15, 0.2) is 0 Å². The number of ether oxygens (including phenoxy) is 1. The van der Waals surface area contributed by atoms with Crippen LogP contribution in [0.2, 0.25) is 0 Å². The van der Waals surface area contributed by atoms with Crippen molar-refractivity contribution in [1.82, 2.24) is 4.98 Å². The quantitative estimate of drug-likeness (QED) is 0.193. The minimum absolute atomic E-state index is 0.152. The van der Waals surface area contributed by atoms with Crippen LogP contribution in [0.25, 0.3) is 16.7 Å². The Morgan fingerprint density at radius 1 is 0.970 bits per heavy atom. The highest BCUT2D eigenvalue weighted by Gasteiger charge is 2.03. The number of allylic oxidation sites excluding steroid dienone is 3. The van der Waals surface area contributed by atoms with Crippen molar-refractivity contribution in [3.63, 3.8) is 0 Å². The molecule has 0 saturated heterocycles. The van der Waals surface area contributed by atoms with E-state index in [1.54, 1.807) is 19.4 Å². The van der Waals surface area contributed by atoms with Crippen molar-refractivity contribution >= 4 is 17.2 Å². The number of benzene rings is 2. The summed E-state index contributed by atoms with van der Waals surface area (Å²) in [4.78, 5) is 16.6. The molecule has 0 radical (unpaired) electrons. The van der Waals surface area contributed by atoms with Crippen molar-refractivity contribution in [3.05, 3.63) is 96.8 Å². The standard InChI is InChI=1S/C29H32N2O2/c1-3-4-5-6-9-23(24-15-19-28(33-2)20-16-24)10-7-12-29(32)31-27-17-13-25(14-18-27)26-11-8-21-30-22-26/h7-8,10-22H,3-6,9H2,1-2H3,(H,31,32)/b12-7+,23-10+. The molecule has 0 aliphatic rings. The minimum Gasteiger partial charge on any atom is -0.497 e. The molecule has 3 rings (SSSR count). The third-order valence-electron chi connectivity index (χ3n) is 5.45. The lowest BCUT2D eigenvalue weighted by atomic mass is 9.98. The van der Waals surface area contributed by atoms with Crippen molar-refractivity contribution < 1.29 is 9.53 Å². The lowest BCUT2D eigenvalue weighted by Crippen LogP contribution is -2.07. The average molecular weight is 441 g/mol. The highest BCUT2D eigenvalue weighted by Crippen LogP contribution is 2.24. The van der Waals surface area contributed by atoms with Gasteiger partial charge in [-0.15, -0.1) is 0 Å². The van der Waals surface area contributed by atoms with Crippen LogP contribution in [-0.2, 0) is 4.79 Å². The van der Waals surface area contributed by atoms with E-state index in [4.69, 9.17) is 4.74 Å². The van der Waals surface area contributed by atoms with Gasteiger partial charge in [-0.25, -0.2) is 0 Å². The molecule has 0 saturated carbocycles. The van der Waals surface area contributed by atoms with E-state index in [2.05, 4.69) is 29.4 Å². The van der Waals surface area contributed by atoms with E-state index in [1.165, 1.54) is 24.8 Å². The molecule has 4 heteroatoms. The van der Waals surface area contributed by atoms with Crippen molar-refractivity contribution in [1.29, 1.82) is 0 Å². The zero-order valence-corrected chi connectivity index (χ0v) is 19.5. The number of pyridine rings is 1. The Morgan fingerprint density at radius 2 is 1.76 bits per heavy atom. The molecule has 33 heavy (non-hydrogen) atoms. The molecular weight excluding hydrogens is 408 g/mol. The van der Waals surface area contributed by atoms with Gasteiger partial charge in [-0.1, -0.05) is 68.7 Å². The van der Waals surface area contributed by atoms with Crippen LogP contribution in [0.15, 0.2) is 91.3 Å².